The lowest BCUT2D eigenvalue weighted by Crippen LogP contribution is -2.17. The van der Waals surface area contributed by atoms with Crippen molar-refractivity contribution >= 4 is 32.7 Å². The maximum atomic E-state index is 12.1. The second-order valence-electron chi connectivity index (χ2n) is 6.45. The molecule has 0 saturated heterocycles. The van der Waals surface area contributed by atoms with E-state index in [1.54, 1.807) is 18.2 Å². The van der Waals surface area contributed by atoms with Crippen LogP contribution in [0, 0.1) is 0 Å². The van der Waals surface area contributed by atoms with Gasteiger partial charge >= 0.3 is 5.97 Å². The number of hydrogen-bond donors (Lipinski definition) is 0. The average molecular weight is 443 g/mol. The zero-order valence-corrected chi connectivity index (χ0v) is 17.4. The van der Waals surface area contributed by atoms with Crippen LogP contribution in [0.4, 0.5) is 0 Å². The normalized spacial score (nSPS) is 10.6. The molecule has 0 aliphatic rings. The molecule has 146 valence electrons. The summed E-state index contributed by atoms with van der Waals surface area (Å²) in [6, 6.07) is 18.8. The van der Waals surface area contributed by atoms with Crippen LogP contribution in [0.25, 0.3) is 10.8 Å². The fourth-order valence-electron chi connectivity index (χ4n) is 2.76. The van der Waals surface area contributed by atoms with Crippen LogP contribution in [0.5, 0.6) is 17.2 Å². The Labute approximate surface area is 173 Å². The lowest BCUT2D eigenvalue weighted by atomic mass is 10.1. The van der Waals surface area contributed by atoms with E-state index >= 15 is 0 Å². The fraction of sp³-hybridized carbons (Fsp3) is 0.261. The topological polar surface area (TPSA) is 44.8 Å². The third-order valence-electron chi connectivity index (χ3n) is 4.18. The van der Waals surface area contributed by atoms with Gasteiger partial charge in [-0.1, -0.05) is 53.9 Å². The van der Waals surface area contributed by atoms with Crippen molar-refractivity contribution in [2.24, 2.45) is 0 Å². The van der Waals surface area contributed by atoms with Crippen molar-refractivity contribution in [2.45, 2.75) is 26.2 Å². The minimum absolute atomic E-state index is 0.169. The maximum Gasteiger partial charge on any atom is 0.349 e. The van der Waals surface area contributed by atoms with E-state index in [4.69, 9.17) is 14.2 Å². The first-order valence-corrected chi connectivity index (χ1v) is 10.2. The number of fused-ring (bicyclic) bond motifs is 1. The predicted molar refractivity (Wildman–Crippen MR) is 114 cm³/mol. The monoisotopic (exact) mass is 442 g/mol. The van der Waals surface area contributed by atoms with Gasteiger partial charge in [0.2, 0.25) is 0 Å². The molecule has 3 rings (SSSR count). The highest BCUT2D eigenvalue weighted by Crippen LogP contribution is 2.24. The molecule has 5 heteroatoms. The minimum atomic E-state index is -0.453. The number of unbranched alkanes of at least 4 members (excludes halogenated alkanes) is 2. The zero-order valence-electron chi connectivity index (χ0n) is 15.8. The number of carbonyl (C=O) groups is 1. The second kappa shape index (κ2) is 10.1. The Morgan fingerprint density at radius 2 is 1.61 bits per heavy atom. The molecule has 0 atom stereocenters. The first-order valence-electron chi connectivity index (χ1n) is 9.40. The highest BCUT2D eigenvalue weighted by molar-refractivity contribution is 9.10. The van der Waals surface area contributed by atoms with Crippen molar-refractivity contribution in [2.75, 3.05) is 13.2 Å². The van der Waals surface area contributed by atoms with E-state index in [2.05, 4.69) is 22.9 Å². The van der Waals surface area contributed by atoms with Gasteiger partial charge in [0.25, 0.3) is 0 Å². The highest BCUT2D eigenvalue weighted by atomic mass is 79.9. The fourth-order valence-corrected chi connectivity index (χ4v) is 3.14. The van der Waals surface area contributed by atoms with E-state index in [1.165, 1.54) is 0 Å². The van der Waals surface area contributed by atoms with Crippen molar-refractivity contribution in [3.63, 3.8) is 0 Å². The maximum absolute atomic E-state index is 12.1. The summed E-state index contributed by atoms with van der Waals surface area (Å²) < 4.78 is 17.7. The molecule has 0 aliphatic heterocycles. The van der Waals surface area contributed by atoms with Crippen LogP contribution >= 0.6 is 15.9 Å². The lowest BCUT2D eigenvalue weighted by Gasteiger charge is -2.10. The predicted octanol–water partition coefficient (Wildman–Crippen LogP) is 6.16. The summed E-state index contributed by atoms with van der Waals surface area (Å²) in [5.74, 6) is 1.36. The smallest absolute Gasteiger partial charge is 0.349 e. The molecule has 4 nitrogen and oxygen atoms in total. The molecular weight excluding hydrogens is 420 g/mol. The van der Waals surface area contributed by atoms with E-state index in [-0.39, 0.29) is 6.61 Å². The van der Waals surface area contributed by atoms with Crippen LogP contribution in [0.2, 0.25) is 0 Å². The summed E-state index contributed by atoms with van der Waals surface area (Å²) >= 11 is 3.45. The second-order valence-corrected chi connectivity index (χ2v) is 7.36. The van der Waals surface area contributed by atoms with Gasteiger partial charge in [-0.2, -0.15) is 0 Å². The van der Waals surface area contributed by atoms with Gasteiger partial charge in [0.15, 0.2) is 6.61 Å². The molecular formula is C23H23BrO4. The molecule has 0 saturated carbocycles. The Bertz CT molecular complexity index is 939. The van der Waals surface area contributed by atoms with E-state index in [0.717, 1.165) is 40.3 Å². The van der Waals surface area contributed by atoms with Gasteiger partial charge in [0.05, 0.1) is 6.61 Å². The summed E-state index contributed by atoms with van der Waals surface area (Å²) in [7, 11) is 0. The number of halogens is 1. The summed E-state index contributed by atoms with van der Waals surface area (Å²) in [6.07, 6.45) is 3.33. The van der Waals surface area contributed by atoms with Gasteiger partial charge in [-0.05, 0) is 53.6 Å². The molecule has 3 aromatic rings. The van der Waals surface area contributed by atoms with Gasteiger partial charge in [-0.3, -0.25) is 0 Å². The van der Waals surface area contributed by atoms with E-state index in [0.29, 0.717) is 18.1 Å². The van der Waals surface area contributed by atoms with Crippen LogP contribution in [0.3, 0.4) is 0 Å². The number of esters is 1. The third kappa shape index (κ3) is 5.99. The van der Waals surface area contributed by atoms with E-state index in [9.17, 15) is 4.79 Å². The van der Waals surface area contributed by atoms with Crippen molar-refractivity contribution in [1.29, 1.82) is 0 Å². The summed E-state index contributed by atoms with van der Waals surface area (Å²) in [5.41, 5.74) is 0. The van der Waals surface area contributed by atoms with Crippen LogP contribution < -0.4 is 14.2 Å². The third-order valence-corrected chi connectivity index (χ3v) is 4.68. The van der Waals surface area contributed by atoms with Gasteiger partial charge in [-0.25, -0.2) is 4.79 Å². The van der Waals surface area contributed by atoms with Crippen molar-refractivity contribution in [3.05, 3.63) is 65.1 Å². The molecule has 0 unspecified atom stereocenters. The SMILES string of the molecule is CCCCCOc1cccc(OCC(=O)Oc2ccc3cc(Br)ccc3c2)c1. The molecule has 0 aliphatic carbocycles. The molecule has 3 aromatic carbocycles. The molecule has 0 radical (unpaired) electrons. The summed E-state index contributed by atoms with van der Waals surface area (Å²) in [4.78, 5) is 12.1. The van der Waals surface area contributed by atoms with Crippen molar-refractivity contribution < 1.29 is 19.0 Å². The average Bonchev–Trinajstić information content (AvgIpc) is 2.70. The van der Waals surface area contributed by atoms with Crippen LogP contribution in [-0.2, 0) is 4.79 Å². The van der Waals surface area contributed by atoms with Crippen LogP contribution in [0.1, 0.15) is 26.2 Å². The molecule has 0 amide bonds. The largest absolute Gasteiger partial charge is 0.493 e. The zero-order chi connectivity index (χ0) is 19.8. The van der Waals surface area contributed by atoms with Crippen LogP contribution in [-0.4, -0.2) is 19.2 Å². The Morgan fingerprint density at radius 3 is 2.43 bits per heavy atom. The van der Waals surface area contributed by atoms with E-state index < -0.39 is 5.97 Å². The summed E-state index contributed by atoms with van der Waals surface area (Å²) in [6.45, 7) is 2.67. The van der Waals surface area contributed by atoms with Gasteiger partial charge in [-0.15, -0.1) is 0 Å². The van der Waals surface area contributed by atoms with Crippen molar-refractivity contribution in [1.82, 2.24) is 0 Å². The highest BCUT2D eigenvalue weighted by Gasteiger charge is 2.08. The molecule has 0 bridgehead atoms. The van der Waals surface area contributed by atoms with Gasteiger partial charge in [0, 0.05) is 10.5 Å². The Morgan fingerprint density at radius 1 is 0.857 bits per heavy atom. The molecule has 0 aromatic heterocycles. The Hall–Kier alpha value is -2.53. The lowest BCUT2D eigenvalue weighted by molar-refractivity contribution is -0.136. The summed E-state index contributed by atoms with van der Waals surface area (Å²) in [5, 5.41) is 2.07. The first kappa shape index (κ1) is 20.2. The Balaban J connectivity index is 1.52. The van der Waals surface area contributed by atoms with Crippen LogP contribution in [0.15, 0.2) is 65.1 Å². The minimum Gasteiger partial charge on any atom is -0.493 e. The Kier molecular flexibility index (Phi) is 7.31. The van der Waals surface area contributed by atoms with Gasteiger partial charge < -0.3 is 14.2 Å². The first-order chi connectivity index (χ1) is 13.6. The number of ether oxygens (including phenoxy) is 3. The molecule has 28 heavy (non-hydrogen) atoms. The number of rotatable bonds is 9. The molecule has 0 spiro atoms. The molecule has 0 heterocycles. The number of carbonyl (C=O) groups excluding carboxylic acids is 1. The standard InChI is InChI=1S/C23H23BrO4/c1-2-3-4-12-26-20-6-5-7-21(15-20)27-16-23(25)28-22-11-9-17-13-19(24)10-8-18(17)14-22/h5-11,13-15H,2-4,12,16H2,1H3. The number of hydrogen-bond acceptors (Lipinski definition) is 4. The van der Waals surface area contributed by atoms with E-state index in [1.807, 2.05) is 42.5 Å². The molecule has 0 N–H and O–H groups in total. The quantitative estimate of drug-likeness (QED) is 0.226. The molecule has 0 fully saturated rings. The van der Waals surface area contributed by atoms with Crippen molar-refractivity contribution in [3.8, 4) is 17.2 Å². The van der Waals surface area contributed by atoms with Gasteiger partial charge in [0.1, 0.15) is 17.2 Å². The number of benzene rings is 3.